The molecule has 0 aliphatic carbocycles. The van der Waals surface area contributed by atoms with Crippen molar-refractivity contribution in [2.75, 3.05) is 47.5 Å². The molecule has 0 aliphatic heterocycles. The Bertz CT molecular complexity index is 1190. The highest BCUT2D eigenvalue weighted by Crippen LogP contribution is 2.19. The molecule has 0 heterocycles. The van der Waals surface area contributed by atoms with Gasteiger partial charge in [0.25, 0.3) is 0 Å². The van der Waals surface area contributed by atoms with Crippen LogP contribution in [0.2, 0.25) is 0 Å². The third-order valence-electron chi connectivity index (χ3n) is 15.4. The molecule has 0 radical (unpaired) electrons. The molecule has 0 aromatic carbocycles. The SMILES string of the molecule is CCCCCCCCCCCCCCCCCCCCCCCCCCCCCCCCCCCCCCCCCC(=O)OC(COC(=O)CCCCCCCCCCCCC)COC(OCC[N+](C)(C)C)C(=O)[O-]. The summed E-state index contributed by atoms with van der Waals surface area (Å²) in [5.41, 5.74) is 0. The zero-order valence-corrected chi connectivity index (χ0v) is 51.0. The molecule has 446 valence electrons. The van der Waals surface area contributed by atoms with Crippen LogP contribution >= 0.6 is 0 Å². The van der Waals surface area contributed by atoms with Gasteiger partial charge in [-0.2, -0.15) is 0 Å². The molecule has 9 heteroatoms. The molecule has 0 saturated carbocycles. The molecule has 0 saturated heterocycles. The van der Waals surface area contributed by atoms with Gasteiger partial charge >= 0.3 is 11.9 Å². The number of esters is 2. The Kier molecular flexibility index (Phi) is 57.1. The van der Waals surface area contributed by atoms with Gasteiger partial charge in [0.05, 0.1) is 40.3 Å². The summed E-state index contributed by atoms with van der Waals surface area (Å²) in [4.78, 5) is 37.2. The molecule has 0 bridgehead atoms. The van der Waals surface area contributed by atoms with Gasteiger partial charge in [-0.1, -0.05) is 322 Å². The number of unbranched alkanes of at least 4 members (excludes halogenated alkanes) is 48. The van der Waals surface area contributed by atoms with Crippen molar-refractivity contribution in [2.24, 2.45) is 0 Å². The van der Waals surface area contributed by atoms with E-state index in [-0.39, 0.29) is 32.2 Å². The Morgan fingerprint density at radius 2 is 0.600 bits per heavy atom. The summed E-state index contributed by atoms with van der Waals surface area (Å²) in [5, 5.41) is 11.8. The molecule has 9 nitrogen and oxygen atoms in total. The first-order chi connectivity index (χ1) is 36.6. The summed E-state index contributed by atoms with van der Waals surface area (Å²) in [5.74, 6) is -2.26. The molecule has 0 aromatic rings. The van der Waals surface area contributed by atoms with Crippen LogP contribution in [0.4, 0.5) is 0 Å². The number of likely N-dealkylation sites (N-methyl/N-ethyl adjacent to an activating group) is 1. The largest absolute Gasteiger partial charge is 0.545 e. The van der Waals surface area contributed by atoms with E-state index in [4.69, 9.17) is 18.9 Å². The normalized spacial score (nSPS) is 12.6. The van der Waals surface area contributed by atoms with Gasteiger partial charge < -0.3 is 33.3 Å². The van der Waals surface area contributed by atoms with Crippen LogP contribution in [0.1, 0.15) is 348 Å². The second-order valence-corrected chi connectivity index (χ2v) is 24.1. The highest BCUT2D eigenvalue weighted by atomic mass is 16.7. The van der Waals surface area contributed by atoms with E-state index in [1.807, 2.05) is 21.1 Å². The lowest BCUT2D eigenvalue weighted by atomic mass is 10.0. The number of rotatable bonds is 63. The molecule has 0 amide bonds. The third kappa shape index (κ3) is 59.8. The molecule has 0 aromatic heterocycles. The van der Waals surface area contributed by atoms with Gasteiger partial charge in [0.2, 0.25) is 0 Å². The number of aliphatic carboxylic acids is 1. The highest BCUT2D eigenvalue weighted by molar-refractivity contribution is 5.70. The minimum atomic E-state index is -1.61. The van der Waals surface area contributed by atoms with Gasteiger partial charge in [0.1, 0.15) is 13.2 Å². The number of quaternary nitrogens is 1. The van der Waals surface area contributed by atoms with Crippen molar-refractivity contribution in [3.8, 4) is 0 Å². The topological polar surface area (TPSA) is 111 Å². The zero-order valence-electron chi connectivity index (χ0n) is 51.0. The van der Waals surface area contributed by atoms with Crippen LogP contribution in [-0.4, -0.2) is 82.3 Å². The lowest BCUT2D eigenvalue weighted by Crippen LogP contribution is -2.44. The Morgan fingerprint density at radius 3 is 0.853 bits per heavy atom. The van der Waals surface area contributed by atoms with Crippen molar-refractivity contribution >= 4 is 17.9 Å². The highest BCUT2D eigenvalue weighted by Gasteiger charge is 2.22. The van der Waals surface area contributed by atoms with Gasteiger partial charge in [-0.25, -0.2) is 0 Å². The maximum absolute atomic E-state index is 12.9. The van der Waals surface area contributed by atoms with E-state index >= 15 is 0 Å². The first-order valence-corrected chi connectivity index (χ1v) is 33.2. The molecule has 0 fully saturated rings. The van der Waals surface area contributed by atoms with Crippen LogP contribution in [0, 0.1) is 0 Å². The fourth-order valence-electron chi connectivity index (χ4n) is 10.2. The number of nitrogens with zero attached hydrogens (tertiary/aromatic N) is 1. The van der Waals surface area contributed by atoms with E-state index in [1.54, 1.807) is 0 Å². The minimum absolute atomic E-state index is 0.153. The average molecular weight is 1060 g/mol. The molecule has 75 heavy (non-hydrogen) atoms. The molecule has 0 rings (SSSR count). The maximum Gasteiger partial charge on any atom is 0.306 e. The van der Waals surface area contributed by atoms with Crippen molar-refractivity contribution < 1.29 is 42.9 Å². The van der Waals surface area contributed by atoms with Gasteiger partial charge in [-0.05, 0) is 12.8 Å². The summed E-state index contributed by atoms with van der Waals surface area (Å²) in [6.07, 6.45) is 65.1. The van der Waals surface area contributed by atoms with Crippen LogP contribution in [0.15, 0.2) is 0 Å². The van der Waals surface area contributed by atoms with E-state index < -0.39 is 24.3 Å². The number of carbonyl (C=O) groups excluding carboxylic acids is 3. The van der Waals surface area contributed by atoms with E-state index in [9.17, 15) is 19.5 Å². The Labute approximate surface area is 466 Å². The Hall–Kier alpha value is -1.71. The standard InChI is InChI=1S/C66H129NO8/c1-6-8-10-12-14-16-18-19-20-21-22-23-24-25-26-27-28-29-30-31-32-33-34-35-36-37-38-39-40-41-42-43-44-45-47-49-51-53-55-57-64(69)75-62(61-74-66(65(70)71)72-59-58-67(3,4)5)60-73-63(68)56-54-52-50-48-46-17-15-13-11-9-7-2/h62,66H,6-61H2,1-5H3. The van der Waals surface area contributed by atoms with Crippen molar-refractivity contribution in [2.45, 2.75) is 360 Å². The summed E-state index contributed by atoms with van der Waals surface area (Å²) in [6, 6.07) is 0. The quantitative estimate of drug-likeness (QED) is 0.0256. The first kappa shape index (κ1) is 73.3. The van der Waals surface area contributed by atoms with E-state index in [0.29, 0.717) is 17.4 Å². The van der Waals surface area contributed by atoms with Gasteiger partial charge in [-0.3, -0.25) is 9.59 Å². The summed E-state index contributed by atoms with van der Waals surface area (Å²) in [7, 11) is 5.93. The van der Waals surface area contributed by atoms with Gasteiger partial charge in [-0.15, -0.1) is 0 Å². The second-order valence-electron chi connectivity index (χ2n) is 24.1. The van der Waals surface area contributed by atoms with Gasteiger partial charge in [0, 0.05) is 12.8 Å². The van der Waals surface area contributed by atoms with E-state index in [2.05, 4.69) is 13.8 Å². The second kappa shape index (κ2) is 58.4. The number of carbonyl (C=O) groups is 3. The molecule has 0 spiro atoms. The zero-order chi connectivity index (χ0) is 54.8. The van der Waals surface area contributed by atoms with Crippen molar-refractivity contribution in [1.29, 1.82) is 0 Å². The molecule has 0 N–H and O–H groups in total. The number of carboxylic acid groups (broad SMARTS) is 1. The minimum Gasteiger partial charge on any atom is -0.545 e. The fourth-order valence-corrected chi connectivity index (χ4v) is 10.2. The number of hydrogen-bond donors (Lipinski definition) is 0. The van der Waals surface area contributed by atoms with Crippen LogP contribution < -0.4 is 5.11 Å². The van der Waals surface area contributed by atoms with Crippen LogP contribution in [0.3, 0.4) is 0 Å². The monoisotopic (exact) mass is 1060 g/mol. The van der Waals surface area contributed by atoms with Crippen molar-refractivity contribution in [3.05, 3.63) is 0 Å². The predicted octanol–water partition coefficient (Wildman–Crippen LogP) is 18.6. The van der Waals surface area contributed by atoms with Gasteiger partial charge in [0.15, 0.2) is 12.4 Å². The van der Waals surface area contributed by atoms with Crippen molar-refractivity contribution in [3.63, 3.8) is 0 Å². The number of ether oxygens (including phenoxy) is 4. The van der Waals surface area contributed by atoms with Crippen molar-refractivity contribution in [1.82, 2.24) is 0 Å². The van der Waals surface area contributed by atoms with Crippen LogP contribution in [0.25, 0.3) is 0 Å². The molecular formula is C66H129NO8. The summed E-state index contributed by atoms with van der Waals surface area (Å²) in [6.45, 7) is 4.80. The molecule has 2 atom stereocenters. The van der Waals surface area contributed by atoms with Crippen LogP contribution in [0.5, 0.6) is 0 Å². The predicted molar refractivity (Wildman–Crippen MR) is 316 cm³/mol. The van der Waals surface area contributed by atoms with E-state index in [0.717, 1.165) is 38.5 Å². The Balaban J connectivity index is 3.84. The third-order valence-corrected chi connectivity index (χ3v) is 15.4. The summed E-state index contributed by atoms with van der Waals surface area (Å²) >= 11 is 0. The number of hydrogen-bond acceptors (Lipinski definition) is 8. The first-order valence-electron chi connectivity index (χ1n) is 33.2. The van der Waals surface area contributed by atoms with E-state index in [1.165, 1.54) is 283 Å². The fraction of sp³-hybridized carbons (Fsp3) is 0.955. The lowest BCUT2D eigenvalue weighted by Gasteiger charge is -2.26. The average Bonchev–Trinajstić information content (AvgIpc) is 3.38. The molecular weight excluding hydrogens is 935 g/mol. The summed E-state index contributed by atoms with van der Waals surface area (Å²) < 4.78 is 22.7. The molecule has 2 unspecified atom stereocenters. The Morgan fingerprint density at radius 1 is 0.347 bits per heavy atom. The lowest BCUT2D eigenvalue weighted by molar-refractivity contribution is -0.870. The molecule has 0 aliphatic rings. The maximum atomic E-state index is 12.9. The number of carboxylic acids is 1. The smallest absolute Gasteiger partial charge is 0.306 e. The van der Waals surface area contributed by atoms with Crippen LogP contribution in [-0.2, 0) is 33.3 Å².